The summed E-state index contributed by atoms with van der Waals surface area (Å²) in [5.41, 5.74) is 5.89. The van der Waals surface area contributed by atoms with Crippen LogP contribution in [0.2, 0.25) is 5.02 Å². The zero-order valence-corrected chi connectivity index (χ0v) is 23.8. The van der Waals surface area contributed by atoms with Crippen molar-refractivity contribution in [2.45, 2.75) is 6.92 Å². The highest BCUT2D eigenvalue weighted by molar-refractivity contribution is 6.30. The van der Waals surface area contributed by atoms with Crippen molar-refractivity contribution in [2.75, 3.05) is 17.1 Å². The second kappa shape index (κ2) is 12.1. The fraction of sp³-hybridized carbons (Fsp3) is 0.0588. The molecule has 0 aliphatic heterocycles. The minimum atomic E-state index is 0.549. The Morgan fingerprint density at radius 2 is 1.26 bits per heavy atom. The van der Waals surface area contributed by atoms with Crippen LogP contribution in [0.4, 0.5) is 23.0 Å². The van der Waals surface area contributed by atoms with Crippen molar-refractivity contribution in [3.63, 3.8) is 0 Å². The van der Waals surface area contributed by atoms with Crippen LogP contribution in [0.15, 0.2) is 127 Å². The first-order valence-corrected chi connectivity index (χ1v) is 13.8. The highest BCUT2D eigenvalue weighted by Crippen LogP contribution is 2.41. The minimum Gasteiger partial charge on any atom is -0.494 e. The van der Waals surface area contributed by atoms with Gasteiger partial charge in [0.2, 0.25) is 0 Å². The van der Waals surface area contributed by atoms with Gasteiger partial charge >= 0.3 is 0 Å². The van der Waals surface area contributed by atoms with E-state index in [4.69, 9.17) is 26.5 Å². The van der Waals surface area contributed by atoms with E-state index in [2.05, 4.69) is 10.2 Å². The number of rotatable bonds is 8. The van der Waals surface area contributed by atoms with Gasteiger partial charge in [0.15, 0.2) is 11.6 Å². The van der Waals surface area contributed by atoms with Gasteiger partial charge in [-0.05, 0) is 61.0 Å². The van der Waals surface area contributed by atoms with Gasteiger partial charge in [0.05, 0.1) is 24.2 Å². The van der Waals surface area contributed by atoms with Crippen molar-refractivity contribution >= 4 is 34.6 Å². The van der Waals surface area contributed by atoms with Crippen molar-refractivity contribution < 1.29 is 4.74 Å². The molecule has 0 aliphatic carbocycles. The Balaban J connectivity index is 1.55. The summed E-state index contributed by atoms with van der Waals surface area (Å²) in [6.07, 6.45) is 0. The van der Waals surface area contributed by atoms with Crippen LogP contribution in [-0.4, -0.2) is 27.5 Å². The summed E-state index contributed by atoms with van der Waals surface area (Å²) in [7, 11) is 1.64. The monoisotopic (exact) mass is 570 g/mol. The molecular weight excluding hydrogens is 544 g/mol. The Morgan fingerprint density at radius 3 is 1.90 bits per heavy atom. The van der Waals surface area contributed by atoms with Crippen molar-refractivity contribution in [3.05, 3.63) is 138 Å². The van der Waals surface area contributed by atoms with Crippen LogP contribution in [0.1, 0.15) is 5.56 Å². The fourth-order valence-electron chi connectivity index (χ4n) is 4.72. The van der Waals surface area contributed by atoms with E-state index in [1.807, 2.05) is 144 Å². The van der Waals surface area contributed by atoms with Crippen LogP contribution in [0.3, 0.4) is 0 Å². The molecule has 2 aromatic heterocycles. The first kappa shape index (κ1) is 26.9. The van der Waals surface area contributed by atoms with E-state index in [9.17, 15) is 0 Å². The molecule has 6 aromatic rings. The summed E-state index contributed by atoms with van der Waals surface area (Å²) in [4.78, 5) is 0. The molecule has 0 fully saturated rings. The molecule has 0 bridgehead atoms. The predicted octanol–water partition coefficient (Wildman–Crippen LogP) is 8.46. The van der Waals surface area contributed by atoms with E-state index >= 15 is 0 Å². The Labute approximate surface area is 249 Å². The first-order chi connectivity index (χ1) is 20.6. The molecule has 6 rings (SSSR count). The number of anilines is 4. The average Bonchev–Trinajstić information content (AvgIpc) is 3.05. The van der Waals surface area contributed by atoms with Gasteiger partial charge in [-0.3, -0.25) is 0 Å². The number of halogens is 1. The Kier molecular flexibility index (Phi) is 7.74. The molecule has 0 spiro atoms. The summed E-state index contributed by atoms with van der Waals surface area (Å²) in [5, 5.41) is 23.1. The molecule has 0 saturated carbocycles. The van der Waals surface area contributed by atoms with Crippen LogP contribution in [-0.2, 0) is 0 Å². The van der Waals surface area contributed by atoms with Gasteiger partial charge < -0.3 is 4.74 Å². The van der Waals surface area contributed by atoms with Gasteiger partial charge in [0.25, 0.3) is 0 Å². The van der Waals surface area contributed by atoms with Crippen molar-refractivity contribution in [3.8, 4) is 28.3 Å². The highest BCUT2D eigenvalue weighted by atomic mass is 35.5. The number of methoxy groups -OCH3 is 1. The number of ether oxygens (including phenoxy) is 1. The number of hydrogen-bond donors (Lipinski definition) is 0. The number of aromatic nitrogens is 4. The molecule has 7 nitrogen and oxygen atoms in total. The van der Waals surface area contributed by atoms with Gasteiger partial charge in [0, 0.05) is 16.1 Å². The quantitative estimate of drug-likeness (QED) is 0.170. The zero-order chi connectivity index (χ0) is 28.9. The average molecular weight is 571 g/mol. The number of para-hydroxylation sites is 2. The third kappa shape index (κ3) is 5.50. The van der Waals surface area contributed by atoms with Crippen LogP contribution >= 0.6 is 11.6 Å². The lowest BCUT2D eigenvalue weighted by Gasteiger charge is -2.37. The second-order valence-electron chi connectivity index (χ2n) is 9.52. The number of hydrazine groups is 1. The smallest absolute Gasteiger partial charge is 0.177 e. The van der Waals surface area contributed by atoms with Crippen molar-refractivity contribution in [1.29, 1.82) is 0 Å². The molecule has 0 unspecified atom stereocenters. The van der Waals surface area contributed by atoms with Crippen LogP contribution in [0.25, 0.3) is 22.5 Å². The molecule has 8 heteroatoms. The van der Waals surface area contributed by atoms with Gasteiger partial charge in [0.1, 0.15) is 11.4 Å². The molecule has 0 N–H and O–H groups in total. The van der Waals surface area contributed by atoms with Crippen molar-refractivity contribution in [1.82, 2.24) is 20.4 Å². The van der Waals surface area contributed by atoms with E-state index in [0.29, 0.717) is 22.4 Å². The lowest BCUT2D eigenvalue weighted by Crippen LogP contribution is -2.38. The molecule has 0 radical (unpaired) electrons. The normalized spacial score (nSPS) is 10.7. The summed E-state index contributed by atoms with van der Waals surface area (Å²) in [5.74, 6) is 1.79. The summed E-state index contributed by atoms with van der Waals surface area (Å²) < 4.78 is 5.82. The standard InChI is InChI=1S/C34H27ClN6O/c1-24-22-30(26-14-7-4-8-15-26)37-39-34(24)40(28-17-11-16-27(35)23-28)41(31-18-9-10-19-32(31)42-2)33-21-20-29(36-38-33)25-12-5-3-6-13-25/h3-23H,1-2H3. The van der Waals surface area contributed by atoms with Gasteiger partial charge in [-0.1, -0.05) is 90.5 Å². The Hall–Kier alpha value is -5.27. The van der Waals surface area contributed by atoms with E-state index in [1.165, 1.54) is 0 Å². The molecule has 206 valence electrons. The molecule has 0 aliphatic rings. The van der Waals surface area contributed by atoms with E-state index < -0.39 is 0 Å². The third-order valence-corrected chi connectivity index (χ3v) is 6.97. The number of aryl methyl sites for hydroxylation is 1. The lowest BCUT2D eigenvalue weighted by molar-refractivity contribution is 0.415. The maximum absolute atomic E-state index is 6.53. The topological polar surface area (TPSA) is 67.3 Å². The molecular formula is C34H27ClN6O. The largest absolute Gasteiger partial charge is 0.494 e. The number of hydrogen-bond acceptors (Lipinski definition) is 7. The fourth-order valence-corrected chi connectivity index (χ4v) is 4.90. The first-order valence-electron chi connectivity index (χ1n) is 13.4. The minimum absolute atomic E-state index is 0.549. The number of nitrogens with zero attached hydrogens (tertiary/aromatic N) is 6. The van der Waals surface area contributed by atoms with Crippen LogP contribution in [0, 0.1) is 6.92 Å². The van der Waals surface area contributed by atoms with Gasteiger partial charge in [-0.25, -0.2) is 10.0 Å². The summed E-state index contributed by atoms with van der Waals surface area (Å²) in [6.45, 7) is 2.01. The predicted molar refractivity (Wildman–Crippen MR) is 168 cm³/mol. The third-order valence-electron chi connectivity index (χ3n) is 6.73. The van der Waals surface area contributed by atoms with Gasteiger partial charge in [-0.15, -0.1) is 20.4 Å². The maximum atomic E-state index is 6.53. The molecule has 4 aromatic carbocycles. The second-order valence-corrected chi connectivity index (χ2v) is 9.96. The number of benzene rings is 4. The summed E-state index contributed by atoms with van der Waals surface area (Å²) in [6, 6.07) is 41.2. The zero-order valence-electron chi connectivity index (χ0n) is 23.1. The molecule has 42 heavy (non-hydrogen) atoms. The van der Waals surface area contributed by atoms with Crippen LogP contribution in [0.5, 0.6) is 5.75 Å². The molecule has 0 saturated heterocycles. The SMILES string of the molecule is COc1ccccc1N(c1ccc(-c2ccccc2)nn1)N(c1cccc(Cl)c1)c1nnc(-c2ccccc2)cc1C. The maximum Gasteiger partial charge on any atom is 0.177 e. The Bertz CT molecular complexity index is 1800. The van der Waals surface area contributed by atoms with E-state index in [-0.39, 0.29) is 0 Å². The highest BCUT2D eigenvalue weighted by Gasteiger charge is 2.28. The Morgan fingerprint density at radius 1 is 0.595 bits per heavy atom. The molecule has 0 atom stereocenters. The van der Waals surface area contributed by atoms with Gasteiger partial charge in [-0.2, -0.15) is 0 Å². The summed E-state index contributed by atoms with van der Waals surface area (Å²) >= 11 is 6.53. The lowest BCUT2D eigenvalue weighted by atomic mass is 10.1. The molecule has 2 heterocycles. The van der Waals surface area contributed by atoms with Crippen molar-refractivity contribution in [2.24, 2.45) is 0 Å². The van der Waals surface area contributed by atoms with E-state index in [0.717, 1.165) is 39.5 Å². The van der Waals surface area contributed by atoms with Crippen LogP contribution < -0.4 is 14.8 Å². The van der Waals surface area contributed by atoms with E-state index in [1.54, 1.807) is 7.11 Å². The molecule has 0 amide bonds.